The van der Waals surface area contributed by atoms with Gasteiger partial charge in [0.2, 0.25) is 0 Å². The van der Waals surface area contributed by atoms with Crippen molar-refractivity contribution in [1.82, 2.24) is 5.32 Å². The van der Waals surface area contributed by atoms with Gasteiger partial charge in [0.25, 0.3) is 0 Å². The lowest BCUT2D eigenvalue weighted by Gasteiger charge is -2.14. The molecule has 0 aliphatic heterocycles. The molecular formula is C20H20ClNO. The number of nitrogens with one attached hydrogen (secondary N) is 1. The molecule has 2 aromatic rings. The molecule has 0 fully saturated rings. The van der Waals surface area contributed by atoms with Crippen molar-refractivity contribution in [3.05, 3.63) is 64.2 Å². The fourth-order valence-electron chi connectivity index (χ4n) is 3.12. The van der Waals surface area contributed by atoms with Gasteiger partial charge >= 0.3 is 0 Å². The Morgan fingerprint density at radius 3 is 2.96 bits per heavy atom. The normalized spacial score (nSPS) is 15.9. The molecule has 2 nitrogen and oxygen atoms in total. The standard InChI is InChI=1S/C20H20ClNO/c1-2-12-22-19-10-9-18-17(19)7-4-8-20(18)23-13-11-15-5-3-6-16(21)14-15/h1,3-8,14,19,22H,9-13H2. The van der Waals surface area contributed by atoms with Crippen LogP contribution in [0.5, 0.6) is 5.75 Å². The molecule has 1 unspecified atom stereocenters. The van der Waals surface area contributed by atoms with Crippen LogP contribution in [0.3, 0.4) is 0 Å². The van der Waals surface area contributed by atoms with Gasteiger partial charge in [-0.2, -0.15) is 0 Å². The second kappa shape index (κ2) is 7.55. The lowest BCUT2D eigenvalue weighted by atomic mass is 10.1. The van der Waals surface area contributed by atoms with Crippen LogP contribution in [0.4, 0.5) is 0 Å². The average Bonchev–Trinajstić information content (AvgIpc) is 2.97. The summed E-state index contributed by atoms with van der Waals surface area (Å²) in [6.45, 7) is 1.25. The second-order valence-corrected chi connectivity index (χ2v) is 6.17. The maximum Gasteiger partial charge on any atom is 0.122 e. The zero-order chi connectivity index (χ0) is 16.1. The third-order valence-electron chi connectivity index (χ3n) is 4.22. The van der Waals surface area contributed by atoms with Crippen LogP contribution in [0, 0.1) is 12.3 Å². The van der Waals surface area contributed by atoms with Gasteiger partial charge in [-0.15, -0.1) is 6.42 Å². The highest BCUT2D eigenvalue weighted by molar-refractivity contribution is 6.30. The Morgan fingerprint density at radius 2 is 2.13 bits per heavy atom. The largest absolute Gasteiger partial charge is 0.493 e. The zero-order valence-electron chi connectivity index (χ0n) is 13.0. The third-order valence-corrected chi connectivity index (χ3v) is 4.45. The van der Waals surface area contributed by atoms with E-state index in [1.165, 1.54) is 16.7 Å². The Bertz CT molecular complexity index is 720. The Kier molecular flexibility index (Phi) is 5.23. The maximum absolute atomic E-state index is 6.03. The maximum atomic E-state index is 6.03. The summed E-state index contributed by atoms with van der Waals surface area (Å²) in [5.41, 5.74) is 3.83. The fraction of sp³-hybridized carbons (Fsp3) is 0.300. The molecule has 0 heterocycles. The first kappa shape index (κ1) is 15.9. The summed E-state index contributed by atoms with van der Waals surface area (Å²) >= 11 is 6.01. The van der Waals surface area contributed by atoms with Crippen molar-refractivity contribution in [2.75, 3.05) is 13.2 Å². The van der Waals surface area contributed by atoms with Gasteiger partial charge in [0.15, 0.2) is 0 Å². The number of ether oxygens (including phenoxy) is 1. The van der Waals surface area contributed by atoms with E-state index < -0.39 is 0 Å². The van der Waals surface area contributed by atoms with Crippen molar-refractivity contribution in [3.8, 4) is 18.1 Å². The van der Waals surface area contributed by atoms with Crippen molar-refractivity contribution in [1.29, 1.82) is 0 Å². The van der Waals surface area contributed by atoms with E-state index in [1.54, 1.807) is 0 Å². The van der Waals surface area contributed by atoms with E-state index in [-0.39, 0.29) is 0 Å². The molecule has 0 bridgehead atoms. The van der Waals surface area contributed by atoms with Gasteiger partial charge < -0.3 is 4.74 Å². The van der Waals surface area contributed by atoms with Crippen molar-refractivity contribution < 1.29 is 4.74 Å². The highest BCUT2D eigenvalue weighted by atomic mass is 35.5. The van der Waals surface area contributed by atoms with E-state index in [9.17, 15) is 0 Å². The second-order valence-electron chi connectivity index (χ2n) is 5.73. The first-order valence-corrected chi connectivity index (χ1v) is 8.31. The molecule has 0 saturated heterocycles. The lowest BCUT2D eigenvalue weighted by molar-refractivity contribution is 0.319. The van der Waals surface area contributed by atoms with Crippen LogP contribution in [0.1, 0.15) is 29.2 Å². The molecule has 0 aromatic heterocycles. The number of terminal acetylenes is 1. The van der Waals surface area contributed by atoms with Crippen LogP contribution in [0.15, 0.2) is 42.5 Å². The molecule has 1 atom stereocenters. The molecular weight excluding hydrogens is 306 g/mol. The topological polar surface area (TPSA) is 21.3 Å². The summed E-state index contributed by atoms with van der Waals surface area (Å²) in [6, 6.07) is 14.5. The summed E-state index contributed by atoms with van der Waals surface area (Å²) in [5.74, 6) is 3.64. The smallest absolute Gasteiger partial charge is 0.122 e. The highest BCUT2D eigenvalue weighted by Gasteiger charge is 2.24. The molecule has 23 heavy (non-hydrogen) atoms. The quantitative estimate of drug-likeness (QED) is 0.805. The van der Waals surface area contributed by atoms with E-state index in [2.05, 4.69) is 35.5 Å². The van der Waals surface area contributed by atoms with E-state index in [0.29, 0.717) is 19.2 Å². The van der Waals surface area contributed by atoms with Gasteiger partial charge in [-0.3, -0.25) is 5.32 Å². The average molecular weight is 326 g/mol. The van der Waals surface area contributed by atoms with Crippen molar-refractivity contribution in [3.63, 3.8) is 0 Å². The van der Waals surface area contributed by atoms with Gasteiger partial charge in [0, 0.05) is 17.5 Å². The van der Waals surface area contributed by atoms with Crippen LogP contribution < -0.4 is 10.1 Å². The number of hydrogen-bond donors (Lipinski definition) is 1. The van der Waals surface area contributed by atoms with E-state index >= 15 is 0 Å². The van der Waals surface area contributed by atoms with Gasteiger partial charge in [-0.05, 0) is 47.7 Å². The van der Waals surface area contributed by atoms with Crippen molar-refractivity contribution >= 4 is 11.6 Å². The van der Waals surface area contributed by atoms with E-state index in [1.807, 2.05) is 18.2 Å². The summed E-state index contributed by atoms with van der Waals surface area (Å²) in [6.07, 6.45) is 8.30. The minimum atomic E-state index is 0.345. The fourth-order valence-corrected chi connectivity index (χ4v) is 3.33. The van der Waals surface area contributed by atoms with Gasteiger partial charge in [-0.1, -0.05) is 41.8 Å². The summed E-state index contributed by atoms with van der Waals surface area (Å²) < 4.78 is 6.03. The van der Waals surface area contributed by atoms with E-state index in [4.69, 9.17) is 22.8 Å². The number of halogens is 1. The van der Waals surface area contributed by atoms with Crippen LogP contribution in [-0.2, 0) is 12.8 Å². The molecule has 1 aliphatic rings. The number of fused-ring (bicyclic) bond motifs is 1. The SMILES string of the molecule is C#CCNC1CCc2c(OCCc3cccc(Cl)c3)cccc21. The van der Waals surface area contributed by atoms with Crippen LogP contribution in [0.25, 0.3) is 0 Å². The Labute approximate surface area is 142 Å². The first-order chi connectivity index (χ1) is 11.3. The van der Waals surface area contributed by atoms with E-state index in [0.717, 1.165) is 30.0 Å². The Hall–Kier alpha value is -1.95. The van der Waals surface area contributed by atoms with Crippen LogP contribution in [-0.4, -0.2) is 13.2 Å². The minimum Gasteiger partial charge on any atom is -0.493 e. The van der Waals surface area contributed by atoms with Gasteiger partial charge in [0.1, 0.15) is 5.75 Å². The zero-order valence-corrected chi connectivity index (χ0v) is 13.8. The highest BCUT2D eigenvalue weighted by Crippen LogP contribution is 2.36. The monoisotopic (exact) mass is 325 g/mol. The molecule has 1 N–H and O–H groups in total. The molecule has 0 radical (unpaired) electrons. The minimum absolute atomic E-state index is 0.345. The van der Waals surface area contributed by atoms with Crippen LogP contribution >= 0.6 is 11.6 Å². The summed E-state index contributed by atoms with van der Waals surface area (Å²) in [7, 11) is 0. The number of benzene rings is 2. The molecule has 0 saturated carbocycles. The molecule has 3 rings (SSSR count). The summed E-state index contributed by atoms with van der Waals surface area (Å²) in [4.78, 5) is 0. The predicted octanol–water partition coefficient (Wildman–Crippen LogP) is 4.17. The lowest BCUT2D eigenvalue weighted by Crippen LogP contribution is -2.19. The van der Waals surface area contributed by atoms with Gasteiger partial charge in [-0.25, -0.2) is 0 Å². The van der Waals surface area contributed by atoms with Gasteiger partial charge in [0.05, 0.1) is 13.2 Å². The number of rotatable bonds is 6. The number of hydrogen-bond acceptors (Lipinski definition) is 2. The Balaban J connectivity index is 1.63. The molecule has 118 valence electrons. The van der Waals surface area contributed by atoms with Crippen LogP contribution in [0.2, 0.25) is 5.02 Å². The molecule has 0 spiro atoms. The predicted molar refractivity (Wildman–Crippen MR) is 95.0 cm³/mol. The first-order valence-electron chi connectivity index (χ1n) is 7.94. The molecule has 3 heteroatoms. The van der Waals surface area contributed by atoms with Crippen molar-refractivity contribution in [2.24, 2.45) is 0 Å². The molecule has 2 aromatic carbocycles. The van der Waals surface area contributed by atoms with Crippen molar-refractivity contribution in [2.45, 2.75) is 25.3 Å². The molecule has 1 aliphatic carbocycles. The summed E-state index contributed by atoms with van der Waals surface area (Å²) in [5, 5.41) is 4.17. The third kappa shape index (κ3) is 3.88. The Morgan fingerprint density at radius 1 is 1.26 bits per heavy atom. The molecule has 0 amide bonds.